The summed E-state index contributed by atoms with van der Waals surface area (Å²) in [5, 5.41) is 9.31. The zero-order valence-electron chi connectivity index (χ0n) is 12.9. The first-order valence-corrected chi connectivity index (χ1v) is 8.79. The van der Waals surface area contributed by atoms with Crippen molar-refractivity contribution in [2.45, 2.75) is 30.1 Å². The van der Waals surface area contributed by atoms with E-state index in [1.54, 1.807) is 0 Å². The maximum atomic E-state index is 12.7. The molecule has 0 saturated carbocycles. The van der Waals surface area contributed by atoms with Crippen LogP contribution in [0.4, 0.5) is 13.2 Å². The number of halogens is 3. The van der Waals surface area contributed by atoms with Gasteiger partial charge in [0.15, 0.2) is 0 Å². The standard InChI is InChI=1S/C14H17F3N2O5S/c15-14(16,17)24-10-1-3-11(4-2-10)25(22,23)19-6-5-9(8-18)7-12(19)13(20)21/h1-4,9,12H,5-8,18H2,(H,20,21)/t9-,12-/m1/s1. The van der Waals surface area contributed by atoms with Crippen LogP contribution in [0.15, 0.2) is 29.2 Å². The second kappa shape index (κ2) is 7.18. The molecule has 0 amide bonds. The van der Waals surface area contributed by atoms with Crippen molar-refractivity contribution < 1.29 is 36.2 Å². The Morgan fingerprint density at radius 3 is 2.40 bits per heavy atom. The van der Waals surface area contributed by atoms with Gasteiger partial charge in [-0.1, -0.05) is 0 Å². The number of benzene rings is 1. The van der Waals surface area contributed by atoms with Crippen LogP contribution in [0.1, 0.15) is 12.8 Å². The Morgan fingerprint density at radius 2 is 1.92 bits per heavy atom. The summed E-state index contributed by atoms with van der Waals surface area (Å²) < 4.78 is 66.3. The first-order chi connectivity index (χ1) is 11.5. The lowest BCUT2D eigenvalue weighted by Crippen LogP contribution is -2.50. The van der Waals surface area contributed by atoms with Gasteiger partial charge in [-0.2, -0.15) is 4.31 Å². The van der Waals surface area contributed by atoms with Crippen LogP contribution in [-0.4, -0.2) is 49.3 Å². The highest BCUT2D eigenvalue weighted by Crippen LogP contribution is 2.30. The maximum absolute atomic E-state index is 12.7. The number of hydrogen-bond acceptors (Lipinski definition) is 5. The number of carboxylic acid groups (broad SMARTS) is 1. The minimum atomic E-state index is -4.89. The minimum absolute atomic E-state index is 0.0258. The van der Waals surface area contributed by atoms with Crippen LogP contribution in [0.2, 0.25) is 0 Å². The van der Waals surface area contributed by atoms with Gasteiger partial charge in [-0.05, 0) is 49.6 Å². The molecule has 1 aromatic carbocycles. The lowest BCUT2D eigenvalue weighted by Gasteiger charge is -2.35. The number of alkyl halides is 3. The first kappa shape index (κ1) is 19.5. The molecule has 7 nitrogen and oxygen atoms in total. The largest absolute Gasteiger partial charge is 0.573 e. The Balaban J connectivity index is 2.26. The second-order valence-corrected chi connectivity index (χ2v) is 7.51. The van der Waals surface area contributed by atoms with Gasteiger partial charge < -0.3 is 15.6 Å². The molecule has 0 aliphatic carbocycles. The summed E-state index contributed by atoms with van der Waals surface area (Å²) in [6.07, 6.45) is -4.39. The molecule has 0 unspecified atom stereocenters. The molecule has 25 heavy (non-hydrogen) atoms. The summed E-state index contributed by atoms with van der Waals surface area (Å²) >= 11 is 0. The van der Waals surface area contributed by atoms with E-state index in [1.807, 2.05) is 0 Å². The number of aliphatic carboxylic acids is 1. The van der Waals surface area contributed by atoms with Crippen molar-refractivity contribution in [2.24, 2.45) is 11.7 Å². The number of ether oxygens (including phenoxy) is 1. The summed E-state index contributed by atoms with van der Waals surface area (Å²) in [5.41, 5.74) is 5.53. The van der Waals surface area contributed by atoms with Crippen molar-refractivity contribution in [2.75, 3.05) is 13.1 Å². The predicted molar refractivity (Wildman–Crippen MR) is 80.2 cm³/mol. The van der Waals surface area contributed by atoms with Crippen LogP contribution in [0, 0.1) is 5.92 Å². The molecule has 1 aromatic rings. The van der Waals surface area contributed by atoms with Gasteiger partial charge in [0.1, 0.15) is 11.8 Å². The lowest BCUT2D eigenvalue weighted by molar-refractivity contribution is -0.274. The van der Waals surface area contributed by atoms with E-state index in [0.29, 0.717) is 6.42 Å². The molecule has 0 spiro atoms. The minimum Gasteiger partial charge on any atom is -0.480 e. The molecule has 0 radical (unpaired) electrons. The van der Waals surface area contributed by atoms with Gasteiger partial charge in [-0.25, -0.2) is 8.42 Å². The Labute approximate surface area is 142 Å². The quantitative estimate of drug-likeness (QED) is 0.797. The Hall–Kier alpha value is -1.85. The van der Waals surface area contributed by atoms with E-state index in [-0.39, 0.29) is 30.3 Å². The smallest absolute Gasteiger partial charge is 0.480 e. The average molecular weight is 382 g/mol. The molecule has 1 saturated heterocycles. The number of nitrogens with zero attached hydrogens (tertiary/aromatic N) is 1. The summed E-state index contributed by atoms with van der Waals surface area (Å²) in [6.45, 7) is 0.225. The van der Waals surface area contributed by atoms with Gasteiger partial charge in [0, 0.05) is 6.54 Å². The van der Waals surface area contributed by atoms with Crippen LogP contribution in [0.25, 0.3) is 0 Å². The van der Waals surface area contributed by atoms with Crippen molar-refractivity contribution in [3.8, 4) is 5.75 Å². The van der Waals surface area contributed by atoms with E-state index in [0.717, 1.165) is 28.6 Å². The van der Waals surface area contributed by atoms with Crippen LogP contribution in [-0.2, 0) is 14.8 Å². The second-order valence-electron chi connectivity index (χ2n) is 5.62. The SMILES string of the molecule is NC[C@@H]1CCN(S(=O)(=O)c2ccc(OC(F)(F)F)cc2)[C@@H](C(=O)O)C1. The van der Waals surface area contributed by atoms with Crippen molar-refractivity contribution in [3.05, 3.63) is 24.3 Å². The molecule has 0 aromatic heterocycles. The highest BCUT2D eigenvalue weighted by Gasteiger charge is 2.40. The Bertz CT molecular complexity index is 721. The molecule has 140 valence electrons. The van der Waals surface area contributed by atoms with Gasteiger partial charge in [0.05, 0.1) is 4.90 Å². The fraction of sp³-hybridized carbons (Fsp3) is 0.500. The van der Waals surface area contributed by atoms with Crippen LogP contribution >= 0.6 is 0 Å². The fourth-order valence-electron chi connectivity index (χ4n) is 2.69. The van der Waals surface area contributed by atoms with Gasteiger partial charge in [0.2, 0.25) is 10.0 Å². The molecular weight excluding hydrogens is 365 g/mol. The highest BCUT2D eigenvalue weighted by molar-refractivity contribution is 7.89. The lowest BCUT2D eigenvalue weighted by atomic mass is 9.93. The average Bonchev–Trinajstić information content (AvgIpc) is 2.53. The fourth-order valence-corrected chi connectivity index (χ4v) is 4.30. The number of nitrogens with two attached hydrogens (primary N) is 1. The third-order valence-corrected chi connectivity index (χ3v) is 5.87. The van der Waals surface area contributed by atoms with Gasteiger partial charge >= 0.3 is 12.3 Å². The maximum Gasteiger partial charge on any atom is 0.573 e. The zero-order chi connectivity index (χ0) is 18.8. The molecule has 1 aliphatic heterocycles. The molecule has 1 aliphatic rings. The van der Waals surface area contributed by atoms with Crippen molar-refractivity contribution in [1.82, 2.24) is 4.31 Å². The molecule has 0 bridgehead atoms. The third kappa shape index (κ3) is 4.61. The van der Waals surface area contributed by atoms with E-state index in [1.165, 1.54) is 0 Å². The van der Waals surface area contributed by atoms with Crippen molar-refractivity contribution in [1.29, 1.82) is 0 Å². The molecule has 2 atom stereocenters. The monoisotopic (exact) mass is 382 g/mol. The molecule has 1 heterocycles. The molecule has 11 heteroatoms. The van der Waals surface area contributed by atoms with E-state index in [2.05, 4.69) is 4.74 Å². The number of sulfonamides is 1. The van der Waals surface area contributed by atoms with Crippen LogP contribution in [0.3, 0.4) is 0 Å². The zero-order valence-corrected chi connectivity index (χ0v) is 13.8. The highest BCUT2D eigenvalue weighted by atomic mass is 32.2. The first-order valence-electron chi connectivity index (χ1n) is 7.35. The van der Waals surface area contributed by atoms with Crippen LogP contribution < -0.4 is 10.5 Å². The topological polar surface area (TPSA) is 110 Å². The number of hydrogen-bond donors (Lipinski definition) is 2. The number of carbonyl (C=O) groups is 1. The van der Waals surface area contributed by atoms with Gasteiger partial charge in [0.25, 0.3) is 0 Å². The molecule has 1 fully saturated rings. The third-order valence-electron chi connectivity index (χ3n) is 3.94. The molecule has 2 rings (SSSR count). The van der Waals surface area contributed by atoms with Gasteiger partial charge in [-0.15, -0.1) is 13.2 Å². The summed E-state index contributed by atoms with van der Waals surface area (Å²) in [6, 6.07) is 2.36. The predicted octanol–water partition coefficient (Wildman–Crippen LogP) is 1.40. The number of carboxylic acids is 1. The summed E-state index contributed by atoms with van der Waals surface area (Å²) in [4.78, 5) is 11.1. The van der Waals surface area contributed by atoms with Crippen molar-refractivity contribution in [3.63, 3.8) is 0 Å². The van der Waals surface area contributed by atoms with Crippen molar-refractivity contribution >= 4 is 16.0 Å². The number of rotatable bonds is 5. The van der Waals surface area contributed by atoms with Crippen LogP contribution in [0.5, 0.6) is 5.75 Å². The van der Waals surface area contributed by atoms with E-state index >= 15 is 0 Å². The molecule has 3 N–H and O–H groups in total. The van der Waals surface area contributed by atoms with Gasteiger partial charge in [-0.3, -0.25) is 4.79 Å². The van der Waals surface area contributed by atoms with E-state index < -0.39 is 34.1 Å². The van der Waals surface area contributed by atoms with E-state index in [4.69, 9.17) is 5.73 Å². The molecular formula is C14H17F3N2O5S. The Kier molecular flexibility index (Phi) is 5.59. The number of piperidine rings is 1. The summed E-state index contributed by atoms with van der Waals surface area (Å²) in [5.74, 6) is -1.96. The normalized spacial score (nSPS) is 22.6. The Morgan fingerprint density at radius 1 is 1.32 bits per heavy atom. The van der Waals surface area contributed by atoms with E-state index in [9.17, 15) is 31.5 Å². The summed E-state index contributed by atoms with van der Waals surface area (Å²) in [7, 11) is -4.17.